The highest BCUT2D eigenvalue weighted by Crippen LogP contribution is 2.45. The first kappa shape index (κ1) is 28.9. The maximum absolute atomic E-state index is 13.7. The minimum Gasteiger partial charge on any atom is -0.468 e. The molecule has 0 saturated carbocycles. The summed E-state index contributed by atoms with van der Waals surface area (Å²) in [6.07, 6.45) is 0.109. The first-order chi connectivity index (χ1) is 18.3. The maximum atomic E-state index is 13.7. The number of esters is 1. The summed E-state index contributed by atoms with van der Waals surface area (Å²) >= 11 is 0. The summed E-state index contributed by atoms with van der Waals surface area (Å²) < 4.78 is 33.9. The van der Waals surface area contributed by atoms with Gasteiger partial charge in [0.25, 0.3) is 0 Å². The second kappa shape index (κ2) is 10.5. The zero-order chi connectivity index (χ0) is 28.8. The fraction of sp³-hybridized carbons (Fsp3) is 0.483. The van der Waals surface area contributed by atoms with Gasteiger partial charge in [-0.15, -0.1) is 0 Å². The number of carbonyl (C=O) groups is 3. The number of hydrogen-bond donors (Lipinski definition) is 1. The number of nitrogens with one attached hydrogen (secondary N) is 1. The molecular formula is C29H37N3O6S. The number of fused-ring (bicyclic) bond motifs is 1. The molecule has 210 valence electrons. The van der Waals surface area contributed by atoms with E-state index in [4.69, 9.17) is 4.74 Å². The Kier molecular flexibility index (Phi) is 7.77. The van der Waals surface area contributed by atoms with E-state index in [1.165, 1.54) is 18.5 Å². The number of amides is 2. The van der Waals surface area contributed by atoms with Crippen LogP contribution in [0.25, 0.3) is 0 Å². The first-order valence-electron chi connectivity index (χ1n) is 13.1. The van der Waals surface area contributed by atoms with Crippen LogP contribution in [-0.4, -0.2) is 74.2 Å². The molecule has 2 aromatic rings. The van der Waals surface area contributed by atoms with E-state index in [1.807, 2.05) is 30.3 Å². The van der Waals surface area contributed by atoms with Gasteiger partial charge in [-0.3, -0.25) is 24.6 Å². The summed E-state index contributed by atoms with van der Waals surface area (Å²) in [5, 5.41) is 3.26. The molecule has 0 unspecified atom stereocenters. The summed E-state index contributed by atoms with van der Waals surface area (Å²) in [7, 11) is -1.29. The smallest absolute Gasteiger partial charge is 0.327 e. The Morgan fingerprint density at radius 1 is 1.05 bits per heavy atom. The predicted octanol–water partition coefficient (Wildman–Crippen LogP) is 2.35. The van der Waals surface area contributed by atoms with Crippen LogP contribution in [0.4, 0.5) is 0 Å². The molecule has 0 spiro atoms. The van der Waals surface area contributed by atoms with Crippen LogP contribution in [0.15, 0.2) is 59.5 Å². The number of methoxy groups -OCH3 is 1. The molecule has 2 aliphatic rings. The predicted molar refractivity (Wildman–Crippen MR) is 146 cm³/mol. The Hall–Kier alpha value is -3.08. The Morgan fingerprint density at radius 2 is 1.67 bits per heavy atom. The Bertz CT molecular complexity index is 1350. The van der Waals surface area contributed by atoms with Crippen LogP contribution in [0.2, 0.25) is 0 Å². The van der Waals surface area contributed by atoms with Gasteiger partial charge < -0.3 is 4.74 Å². The molecular weight excluding hydrogens is 518 g/mol. The molecule has 4 atom stereocenters. The topological polar surface area (TPSA) is 113 Å². The molecule has 2 fully saturated rings. The average Bonchev–Trinajstić information content (AvgIpc) is 3.35. The van der Waals surface area contributed by atoms with E-state index >= 15 is 0 Å². The number of likely N-dealkylation sites (tertiary alicyclic amines) is 1. The van der Waals surface area contributed by atoms with Gasteiger partial charge in [0.15, 0.2) is 0 Å². The average molecular weight is 556 g/mol. The molecule has 2 saturated heterocycles. The van der Waals surface area contributed by atoms with Crippen LogP contribution in [-0.2, 0) is 41.0 Å². The van der Waals surface area contributed by atoms with E-state index in [0.29, 0.717) is 0 Å². The lowest BCUT2D eigenvalue weighted by Crippen LogP contribution is -2.59. The van der Waals surface area contributed by atoms with Crippen molar-refractivity contribution in [1.82, 2.24) is 14.5 Å². The van der Waals surface area contributed by atoms with Crippen molar-refractivity contribution in [2.45, 2.75) is 56.0 Å². The van der Waals surface area contributed by atoms with Crippen LogP contribution in [0, 0.1) is 11.8 Å². The molecule has 1 N–H and O–H groups in total. The van der Waals surface area contributed by atoms with Gasteiger partial charge in [0.05, 0.1) is 23.8 Å². The van der Waals surface area contributed by atoms with E-state index in [9.17, 15) is 22.8 Å². The summed E-state index contributed by atoms with van der Waals surface area (Å²) in [6.45, 7) is 7.92. The number of ether oxygens (including phenoxy) is 1. The number of rotatable bonds is 8. The third kappa shape index (κ3) is 5.01. The van der Waals surface area contributed by atoms with Crippen LogP contribution < -0.4 is 5.32 Å². The number of nitrogens with zero attached hydrogens (tertiary/aromatic N) is 2. The van der Waals surface area contributed by atoms with Crippen LogP contribution in [0.5, 0.6) is 0 Å². The summed E-state index contributed by atoms with van der Waals surface area (Å²) in [6, 6.07) is 15.2. The van der Waals surface area contributed by atoms with E-state index in [1.54, 1.807) is 31.2 Å². The van der Waals surface area contributed by atoms with Crippen molar-refractivity contribution in [2.24, 2.45) is 11.8 Å². The van der Waals surface area contributed by atoms with Crippen molar-refractivity contribution in [2.75, 3.05) is 27.2 Å². The molecule has 2 aliphatic heterocycles. The van der Waals surface area contributed by atoms with Gasteiger partial charge in [0.1, 0.15) is 5.54 Å². The van der Waals surface area contributed by atoms with Gasteiger partial charge in [-0.25, -0.2) is 8.42 Å². The molecule has 39 heavy (non-hydrogen) atoms. The number of sulfonamides is 1. The highest BCUT2D eigenvalue weighted by molar-refractivity contribution is 7.89. The lowest BCUT2D eigenvalue weighted by Gasteiger charge is -2.33. The van der Waals surface area contributed by atoms with Crippen molar-refractivity contribution in [1.29, 1.82) is 0 Å². The van der Waals surface area contributed by atoms with Crippen molar-refractivity contribution < 1.29 is 27.5 Å². The summed E-state index contributed by atoms with van der Waals surface area (Å²) in [5.74, 6) is -3.53. The monoisotopic (exact) mass is 555 g/mol. The zero-order valence-electron chi connectivity index (χ0n) is 23.3. The molecule has 0 aromatic heterocycles. The van der Waals surface area contributed by atoms with Crippen molar-refractivity contribution in [3.8, 4) is 0 Å². The molecule has 9 nitrogen and oxygen atoms in total. The zero-order valence-corrected chi connectivity index (χ0v) is 24.1. The molecule has 0 aliphatic carbocycles. The lowest BCUT2D eigenvalue weighted by molar-refractivity contribution is -0.153. The van der Waals surface area contributed by atoms with E-state index in [-0.39, 0.29) is 29.8 Å². The fourth-order valence-electron chi connectivity index (χ4n) is 5.84. The number of hydrogen-bond acceptors (Lipinski definition) is 7. The van der Waals surface area contributed by atoms with Gasteiger partial charge in [-0.2, -0.15) is 4.31 Å². The molecule has 0 radical (unpaired) electrons. The van der Waals surface area contributed by atoms with Crippen LogP contribution in [0.3, 0.4) is 0 Å². The Balaban J connectivity index is 1.72. The molecule has 0 bridgehead atoms. The van der Waals surface area contributed by atoms with Gasteiger partial charge in [-0.1, -0.05) is 70.2 Å². The highest BCUT2D eigenvalue weighted by Gasteiger charge is 2.68. The summed E-state index contributed by atoms with van der Waals surface area (Å²) in [5.41, 5.74) is 0.128. The maximum Gasteiger partial charge on any atom is 0.327 e. The lowest BCUT2D eigenvalue weighted by atomic mass is 9.76. The molecule has 2 amide bonds. The van der Waals surface area contributed by atoms with Crippen molar-refractivity contribution in [3.05, 3.63) is 65.7 Å². The minimum atomic E-state index is -3.93. The second-order valence-corrected chi connectivity index (χ2v) is 13.3. The SMILES string of the molecule is CCN(C[C@H]1N[C@@](Cc2ccccc2)(C(=O)OC)[C@H]2C(=O)N(C)C(=O)[C@@H]12)S(=O)(=O)c1ccc(C(C)(C)C)cc1. The van der Waals surface area contributed by atoms with Gasteiger partial charge in [-0.05, 0) is 28.7 Å². The Labute approximate surface area is 230 Å². The van der Waals surface area contributed by atoms with E-state index in [0.717, 1.165) is 16.0 Å². The number of carbonyl (C=O) groups excluding carboxylic acids is 3. The van der Waals surface area contributed by atoms with Crippen LogP contribution >= 0.6 is 0 Å². The molecule has 4 rings (SSSR count). The number of imide groups is 1. The van der Waals surface area contributed by atoms with Crippen LogP contribution in [0.1, 0.15) is 38.8 Å². The third-order valence-electron chi connectivity index (χ3n) is 7.97. The third-order valence-corrected chi connectivity index (χ3v) is 9.92. The fourth-order valence-corrected chi connectivity index (χ4v) is 7.31. The number of likely N-dealkylation sites (N-methyl/N-ethyl adjacent to an activating group) is 1. The summed E-state index contributed by atoms with van der Waals surface area (Å²) in [4.78, 5) is 41.3. The van der Waals surface area contributed by atoms with Gasteiger partial charge in [0, 0.05) is 32.6 Å². The minimum absolute atomic E-state index is 0.0958. The first-order valence-corrected chi connectivity index (χ1v) is 14.5. The molecule has 10 heteroatoms. The highest BCUT2D eigenvalue weighted by atomic mass is 32.2. The second-order valence-electron chi connectivity index (χ2n) is 11.3. The molecule has 2 aromatic carbocycles. The standard InChI is InChI=1S/C29H37N3O6S/c1-7-32(39(36,37)21-15-13-20(14-16-21)28(2,3)4)18-22-23-24(26(34)31(5)25(23)33)29(30-22,27(35)38-6)17-19-11-9-8-10-12-19/h8-16,22-24,30H,7,17-18H2,1-6H3/t22-,23+,24-,29-/m1/s1. The largest absolute Gasteiger partial charge is 0.468 e. The van der Waals surface area contributed by atoms with E-state index in [2.05, 4.69) is 26.1 Å². The normalized spacial score (nSPS) is 25.3. The molecule has 2 heterocycles. The Morgan fingerprint density at radius 3 is 2.21 bits per heavy atom. The van der Waals surface area contributed by atoms with Gasteiger partial charge in [0.2, 0.25) is 21.8 Å². The number of benzene rings is 2. The van der Waals surface area contributed by atoms with E-state index < -0.39 is 51.2 Å². The van der Waals surface area contributed by atoms with Gasteiger partial charge >= 0.3 is 5.97 Å². The van der Waals surface area contributed by atoms with Crippen molar-refractivity contribution in [3.63, 3.8) is 0 Å². The van der Waals surface area contributed by atoms with Crippen molar-refractivity contribution >= 4 is 27.8 Å². The quantitative estimate of drug-likeness (QED) is 0.393.